The molecule has 0 bridgehead atoms. The van der Waals surface area contributed by atoms with Gasteiger partial charge in [0.2, 0.25) is 8.32 Å². The maximum Gasteiger partial charge on any atom is 0.207 e. The summed E-state index contributed by atoms with van der Waals surface area (Å²) in [7, 11) is -1.98. The van der Waals surface area contributed by atoms with Crippen LogP contribution in [0, 0.1) is 0 Å². The van der Waals surface area contributed by atoms with Gasteiger partial charge in [0.1, 0.15) is 0 Å². The zero-order chi connectivity index (χ0) is 18.5. The zero-order valence-electron chi connectivity index (χ0n) is 17.5. The van der Waals surface area contributed by atoms with Gasteiger partial charge in [0, 0.05) is 5.92 Å². The van der Waals surface area contributed by atoms with Crippen molar-refractivity contribution >= 4 is 8.32 Å². The standard InChI is InChI=1S/C23H38OSi/c1-8-9-10-15-20-21-18-14-12-11-13-17(18)16-19(21)24-25(20,22(2,3)4)23(5,6)7/h11-14,19-21H,8-10,15-16H2,1-7H3/t19-,20+,21+/m1/s1. The summed E-state index contributed by atoms with van der Waals surface area (Å²) in [5.41, 5.74) is 3.90. The van der Waals surface area contributed by atoms with Gasteiger partial charge in [-0.15, -0.1) is 0 Å². The molecule has 1 saturated heterocycles. The van der Waals surface area contributed by atoms with Gasteiger partial charge in [0.15, 0.2) is 0 Å². The fraction of sp³-hybridized carbons (Fsp3) is 0.739. The number of unbranched alkanes of at least 4 members (excludes halogenated alkanes) is 2. The molecule has 3 atom stereocenters. The third-order valence-corrected chi connectivity index (χ3v) is 13.7. The average Bonchev–Trinajstić information content (AvgIpc) is 3.00. The molecule has 1 aliphatic carbocycles. The van der Waals surface area contributed by atoms with E-state index in [0.29, 0.717) is 12.0 Å². The van der Waals surface area contributed by atoms with E-state index in [1.807, 2.05) is 0 Å². The largest absolute Gasteiger partial charge is 0.412 e. The molecule has 140 valence electrons. The Balaban J connectivity index is 2.08. The molecule has 0 radical (unpaired) electrons. The van der Waals surface area contributed by atoms with Crippen LogP contribution < -0.4 is 0 Å². The molecule has 25 heavy (non-hydrogen) atoms. The molecule has 3 rings (SSSR count). The lowest BCUT2D eigenvalue weighted by molar-refractivity contribution is 0.194. The summed E-state index contributed by atoms with van der Waals surface area (Å²) >= 11 is 0. The van der Waals surface area contributed by atoms with E-state index in [0.717, 1.165) is 12.0 Å². The van der Waals surface area contributed by atoms with Crippen molar-refractivity contribution in [3.63, 3.8) is 0 Å². The van der Waals surface area contributed by atoms with Gasteiger partial charge < -0.3 is 4.43 Å². The highest BCUT2D eigenvalue weighted by molar-refractivity contribution is 6.81. The third kappa shape index (κ3) is 2.94. The maximum absolute atomic E-state index is 7.27. The minimum absolute atomic E-state index is 0.265. The monoisotopic (exact) mass is 358 g/mol. The number of hydrogen-bond donors (Lipinski definition) is 0. The molecular formula is C23H38OSi. The first kappa shape index (κ1) is 19.2. The molecule has 1 aromatic carbocycles. The van der Waals surface area contributed by atoms with Crippen LogP contribution in [-0.2, 0) is 10.8 Å². The molecule has 1 fully saturated rings. The summed E-state index contributed by atoms with van der Waals surface area (Å²) in [6.45, 7) is 17.1. The summed E-state index contributed by atoms with van der Waals surface area (Å²) in [5.74, 6) is 0.637. The predicted molar refractivity (Wildman–Crippen MR) is 111 cm³/mol. The molecule has 0 amide bonds. The van der Waals surface area contributed by atoms with Crippen molar-refractivity contribution in [2.24, 2.45) is 0 Å². The van der Waals surface area contributed by atoms with E-state index in [1.54, 1.807) is 11.1 Å². The summed E-state index contributed by atoms with van der Waals surface area (Å²) in [6, 6.07) is 9.16. The van der Waals surface area contributed by atoms with Crippen LogP contribution in [0.2, 0.25) is 15.6 Å². The normalized spacial score (nSPS) is 28.0. The molecule has 2 heteroatoms. The Kier molecular flexibility index (Phi) is 5.01. The van der Waals surface area contributed by atoms with Crippen LogP contribution >= 0.6 is 0 Å². The molecule has 1 nitrogen and oxygen atoms in total. The van der Waals surface area contributed by atoms with E-state index in [9.17, 15) is 0 Å². The van der Waals surface area contributed by atoms with Crippen molar-refractivity contribution in [2.45, 2.75) is 108 Å². The van der Waals surface area contributed by atoms with E-state index in [1.165, 1.54) is 25.7 Å². The first-order valence-corrected chi connectivity index (χ1v) is 12.4. The van der Waals surface area contributed by atoms with Crippen LogP contribution in [0.3, 0.4) is 0 Å². The summed E-state index contributed by atoms with van der Waals surface area (Å²) < 4.78 is 7.27. The molecule has 0 unspecified atom stereocenters. The van der Waals surface area contributed by atoms with Gasteiger partial charge in [-0.1, -0.05) is 92.0 Å². The average molecular weight is 359 g/mol. The molecule has 0 saturated carbocycles. The van der Waals surface area contributed by atoms with Crippen molar-refractivity contribution < 1.29 is 4.43 Å². The highest BCUT2D eigenvalue weighted by atomic mass is 28.4. The van der Waals surface area contributed by atoms with Gasteiger partial charge >= 0.3 is 0 Å². The van der Waals surface area contributed by atoms with Crippen LogP contribution in [0.15, 0.2) is 24.3 Å². The molecule has 0 N–H and O–H groups in total. The number of fused-ring (bicyclic) bond motifs is 3. The number of rotatable bonds is 4. The minimum Gasteiger partial charge on any atom is -0.412 e. The van der Waals surface area contributed by atoms with Gasteiger partial charge in [-0.25, -0.2) is 0 Å². The topological polar surface area (TPSA) is 9.23 Å². The molecule has 0 aromatic heterocycles. The fourth-order valence-electron chi connectivity index (χ4n) is 6.35. The van der Waals surface area contributed by atoms with E-state index >= 15 is 0 Å². The van der Waals surface area contributed by atoms with Gasteiger partial charge in [0.05, 0.1) is 6.10 Å². The molecule has 1 heterocycles. The van der Waals surface area contributed by atoms with E-state index in [2.05, 4.69) is 72.7 Å². The third-order valence-electron chi connectivity index (χ3n) is 6.88. The minimum atomic E-state index is -1.98. The Morgan fingerprint density at radius 1 is 1.00 bits per heavy atom. The van der Waals surface area contributed by atoms with Crippen LogP contribution in [0.5, 0.6) is 0 Å². The molecule has 2 aliphatic rings. The van der Waals surface area contributed by atoms with Gasteiger partial charge in [0.25, 0.3) is 0 Å². The summed E-state index contributed by atoms with van der Waals surface area (Å²) in [4.78, 5) is 0. The van der Waals surface area contributed by atoms with Crippen LogP contribution in [0.1, 0.15) is 91.2 Å². The Bertz CT molecular complexity index is 593. The van der Waals surface area contributed by atoms with Crippen molar-refractivity contribution in [1.82, 2.24) is 0 Å². The van der Waals surface area contributed by atoms with Crippen LogP contribution in [0.25, 0.3) is 0 Å². The second kappa shape index (κ2) is 6.53. The van der Waals surface area contributed by atoms with Gasteiger partial charge in [-0.2, -0.15) is 0 Å². The first-order chi connectivity index (χ1) is 11.6. The fourth-order valence-corrected chi connectivity index (χ4v) is 13.9. The lowest BCUT2D eigenvalue weighted by Gasteiger charge is -2.52. The highest BCUT2D eigenvalue weighted by Gasteiger charge is 2.68. The van der Waals surface area contributed by atoms with E-state index in [-0.39, 0.29) is 10.1 Å². The lowest BCUT2D eigenvalue weighted by Crippen LogP contribution is -2.55. The van der Waals surface area contributed by atoms with Crippen LogP contribution in [-0.4, -0.2) is 14.4 Å². The predicted octanol–water partition coefficient (Wildman–Crippen LogP) is 7.22. The maximum atomic E-state index is 7.27. The van der Waals surface area contributed by atoms with Crippen molar-refractivity contribution in [2.75, 3.05) is 0 Å². The first-order valence-electron chi connectivity index (χ1n) is 10.4. The molecule has 1 aliphatic heterocycles. The Morgan fingerprint density at radius 2 is 1.64 bits per heavy atom. The van der Waals surface area contributed by atoms with Gasteiger partial charge in [-0.05, 0) is 39.6 Å². The van der Waals surface area contributed by atoms with Crippen molar-refractivity contribution in [3.05, 3.63) is 35.4 Å². The lowest BCUT2D eigenvalue weighted by atomic mass is 9.92. The quantitative estimate of drug-likeness (QED) is 0.408. The molecular weight excluding hydrogens is 320 g/mol. The summed E-state index contributed by atoms with van der Waals surface area (Å²) in [6.07, 6.45) is 6.92. The smallest absolute Gasteiger partial charge is 0.207 e. The Hall–Kier alpha value is -0.603. The van der Waals surface area contributed by atoms with Gasteiger partial charge in [-0.3, -0.25) is 0 Å². The van der Waals surface area contributed by atoms with Crippen molar-refractivity contribution in [3.8, 4) is 0 Å². The Labute approximate surface area is 156 Å². The molecule has 1 aromatic rings. The second-order valence-corrected chi connectivity index (χ2v) is 15.9. The Morgan fingerprint density at radius 3 is 2.24 bits per heavy atom. The number of benzene rings is 1. The van der Waals surface area contributed by atoms with Crippen molar-refractivity contribution in [1.29, 1.82) is 0 Å². The second-order valence-electron chi connectivity index (χ2n) is 10.4. The van der Waals surface area contributed by atoms with Crippen LogP contribution in [0.4, 0.5) is 0 Å². The molecule has 0 spiro atoms. The summed E-state index contributed by atoms with van der Waals surface area (Å²) in [5, 5.41) is 0.531. The highest BCUT2D eigenvalue weighted by Crippen LogP contribution is 2.68. The van der Waals surface area contributed by atoms with E-state index in [4.69, 9.17) is 4.43 Å². The van der Waals surface area contributed by atoms with E-state index < -0.39 is 8.32 Å². The zero-order valence-corrected chi connectivity index (χ0v) is 18.5. The number of hydrogen-bond acceptors (Lipinski definition) is 1. The SMILES string of the molecule is CCCCC[C@H]1[C@H]2c3ccccc3C[C@H]2O[Si]1(C(C)(C)C)C(C)(C)C.